The van der Waals surface area contributed by atoms with Gasteiger partial charge in [0.15, 0.2) is 0 Å². The molecule has 2 aromatic carbocycles. The summed E-state index contributed by atoms with van der Waals surface area (Å²) in [5.41, 5.74) is 11.8. The van der Waals surface area contributed by atoms with Crippen LogP contribution in [0.2, 0.25) is 0 Å². The van der Waals surface area contributed by atoms with Crippen molar-refractivity contribution in [2.45, 2.75) is 345 Å². The number of anilines is 6. The number of nitrogens with zero attached hydrogens (tertiary/aromatic N) is 14. The van der Waals surface area contributed by atoms with Crippen molar-refractivity contribution in [3.8, 4) is 0 Å². The molecule has 14 aromatic rings. The summed E-state index contributed by atoms with van der Waals surface area (Å²) in [4.78, 5) is 75.4. The van der Waals surface area contributed by atoms with Crippen molar-refractivity contribution >= 4 is 164 Å². The maximum absolute atomic E-state index is 9.89. The summed E-state index contributed by atoms with van der Waals surface area (Å²) in [6, 6.07) is 24.2. The smallest absolute Gasteiger partial charge is 0.138 e. The highest BCUT2D eigenvalue weighted by Gasteiger charge is 2.34. The van der Waals surface area contributed by atoms with Crippen LogP contribution in [0.15, 0.2) is 98.6 Å². The van der Waals surface area contributed by atoms with E-state index >= 15 is 0 Å². The number of aromatic nitrogens is 12. The van der Waals surface area contributed by atoms with Gasteiger partial charge in [0.05, 0.1) is 56.7 Å². The van der Waals surface area contributed by atoms with Gasteiger partial charge in [-0.25, -0.2) is 59.8 Å². The summed E-state index contributed by atoms with van der Waals surface area (Å²) in [6.07, 6.45) is 53.0. The van der Waals surface area contributed by atoms with Gasteiger partial charge in [-0.2, -0.15) is 0 Å². The molecule has 2 aliphatic heterocycles. The fourth-order valence-corrected chi connectivity index (χ4v) is 31.1. The van der Waals surface area contributed by atoms with Gasteiger partial charge in [0, 0.05) is 105 Å². The molecule has 12 aromatic heterocycles. The van der Waals surface area contributed by atoms with Crippen molar-refractivity contribution in [2.24, 2.45) is 17.8 Å². The number of rotatable bonds is 16. The molecule has 5 atom stereocenters. The van der Waals surface area contributed by atoms with Crippen LogP contribution in [0.1, 0.15) is 268 Å². The second kappa shape index (κ2) is 45.0. The van der Waals surface area contributed by atoms with Gasteiger partial charge in [-0.1, -0.05) is 81.4 Å². The maximum Gasteiger partial charge on any atom is 0.138 e. The molecule has 2 saturated heterocycles. The monoisotopic (exact) mass is 1980 g/mol. The Balaban J connectivity index is 0.0000000996. The van der Waals surface area contributed by atoms with Gasteiger partial charge in [-0.05, 0) is 313 Å². The molecule has 4 saturated carbocycles. The second-order valence-corrected chi connectivity index (χ2v) is 48.4. The Morgan fingerprint density at radius 2 is 0.547 bits per heavy atom. The molecule has 0 amide bonds. The van der Waals surface area contributed by atoms with Crippen molar-refractivity contribution in [3.63, 3.8) is 0 Å². The lowest BCUT2D eigenvalue weighted by atomic mass is 9.88. The standard InChI is InChI=1S/C23H28N4S.C21H24N4S.2C17H23N3OS.C16H21N3OS.C15H19N3OS/c1-16-7-8-19-20(13-16)28-23-21(19)22(24-15-25-23)26-18-9-11-27(12-10-18)14-17-5-3-2-4-6-17;1-2-5-15(6-3-1)13-25-11-9-16(10-12-25)24-20-19-17-7-4-8-18(17)26-21(19)23-14-22-20;1-10-2-7-14-13(8-10)15-16(18-9-19-17(15)22-14)20-11-3-5-12(21)6-4-11;1-10-5-6-14-13(7-10)15-16(18-9-19-17(15)22-14)20-11-3-2-4-12(21)8-11;20-11-7-5-10(6-8-11)19-15-14-12-3-1-2-4-13(12)21-16(14)18-9-17-15;19-10-6-4-9(5-7-10)18-14-13-11-2-1-3-12(11)20-15(13)17-8-16-14/h2-6,15-16,18H,7-14H2,1H3,(H,24,25,26);1-3,5-6,14,16H,4,7-13H2,(H,22,23,24);2*9-12,21H,2-8H2,1H3,(H,18,19,20);9-11,20H,1-8H2,(H,17,18,19);8-10,19H,1-7H2,(H,16,17,18)/t;;10-,11?,12?;;;/m..1.../s1. The first kappa shape index (κ1) is 96.4. The van der Waals surface area contributed by atoms with Gasteiger partial charge in [0.1, 0.15) is 102 Å². The van der Waals surface area contributed by atoms with E-state index in [-0.39, 0.29) is 24.4 Å². The number of thiophene rings is 6. The van der Waals surface area contributed by atoms with Crippen LogP contribution in [0.25, 0.3) is 61.3 Å². The first-order chi connectivity index (χ1) is 68.2. The molecular weight excluding hydrogens is 1850 g/mol. The average molecular weight is 1980 g/mol. The number of benzene rings is 2. The predicted octanol–water partition coefficient (Wildman–Crippen LogP) is 22.4. The number of fused-ring (bicyclic) bond motifs is 18. The van der Waals surface area contributed by atoms with Gasteiger partial charge in [-0.15, -0.1) is 68.0 Å². The number of hydrogen-bond donors (Lipinski definition) is 10. The average Bonchev–Trinajstić information content (AvgIpc) is 2.24. The highest BCUT2D eigenvalue weighted by molar-refractivity contribution is 7.20. The third-order valence-corrected chi connectivity index (χ3v) is 38.6. The number of aryl methyl sites for hydroxylation is 9. The Kier molecular flexibility index (Phi) is 31.2. The van der Waals surface area contributed by atoms with Crippen LogP contribution in [-0.4, -0.2) is 177 Å². The first-order valence-electron chi connectivity index (χ1n) is 52.5. The number of hydrogen-bond acceptors (Lipinski definition) is 30. The van der Waals surface area contributed by atoms with Crippen LogP contribution in [0.3, 0.4) is 0 Å². The van der Waals surface area contributed by atoms with Crippen LogP contribution < -0.4 is 31.9 Å². The number of piperidine rings is 2. The zero-order chi connectivity index (χ0) is 94.2. The molecule has 14 heterocycles. The largest absolute Gasteiger partial charge is 0.393 e. The molecule has 0 spiro atoms. The van der Waals surface area contributed by atoms with Crippen molar-refractivity contribution in [1.29, 1.82) is 0 Å². The van der Waals surface area contributed by atoms with Crippen LogP contribution in [0.5, 0.6) is 0 Å². The summed E-state index contributed by atoms with van der Waals surface area (Å²) in [5, 5.41) is 68.5. The zero-order valence-corrected chi connectivity index (χ0v) is 86.0. The minimum Gasteiger partial charge on any atom is -0.393 e. The van der Waals surface area contributed by atoms with E-state index in [1.165, 1.54) is 241 Å². The third-order valence-electron chi connectivity index (χ3n) is 31.5. The fourth-order valence-electron chi connectivity index (χ4n) is 23.7. The topological polar surface area (TPSA) is 314 Å². The van der Waals surface area contributed by atoms with E-state index in [4.69, 9.17) is 0 Å². The molecule has 0 bridgehead atoms. The van der Waals surface area contributed by atoms with E-state index < -0.39 is 0 Å². The first-order valence-corrected chi connectivity index (χ1v) is 57.4. The number of likely N-dealkylation sites (tertiary alicyclic amines) is 2. The van der Waals surface area contributed by atoms with E-state index in [9.17, 15) is 20.4 Å². The lowest BCUT2D eigenvalue weighted by molar-refractivity contribution is 0.124. The SMILES string of the molecule is CC1CCc2c(sc3ncnc(NC4CCN(Cc5ccccc5)CC4)c23)C1.CC1CCc2sc3ncnc(NC4CCCC(O)C4)c3c2C1.C[C@@H]1CCc2sc3ncnc(NC4CCC(O)CC4)c3c2C1.OC1CCC(Nc2ncnc3sc4c(c23)CCC4)CC1.OC1CCC(Nc2ncnc3sc4c(c23)CCCC4)CC1.c1ccc(CN2CCC(Nc3ncnc4sc5c(c34)CCC5)CC2)cc1. The lowest BCUT2D eigenvalue weighted by Gasteiger charge is -2.32. The molecule has 4 unspecified atom stereocenters. The normalized spacial score (nSPS) is 24.3. The van der Waals surface area contributed by atoms with Gasteiger partial charge in [-0.3, -0.25) is 9.80 Å². The predicted molar refractivity (Wildman–Crippen MR) is 573 cm³/mol. The van der Waals surface area contributed by atoms with Crippen molar-refractivity contribution < 1.29 is 20.4 Å². The van der Waals surface area contributed by atoms with Crippen LogP contribution in [0, 0.1) is 17.8 Å². The van der Waals surface area contributed by atoms with Gasteiger partial charge in [0.2, 0.25) is 0 Å². The van der Waals surface area contributed by atoms with Crippen LogP contribution >= 0.6 is 68.0 Å². The van der Waals surface area contributed by atoms with E-state index in [2.05, 4.69) is 183 Å². The molecule has 26 rings (SSSR count). The summed E-state index contributed by atoms with van der Waals surface area (Å²) in [6.45, 7) is 13.7. The Morgan fingerprint density at radius 1 is 0.259 bits per heavy atom. The summed E-state index contributed by atoms with van der Waals surface area (Å²) in [7, 11) is 0. The van der Waals surface area contributed by atoms with Gasteiger partial charge >= 0.3 is 0 Å². The molecular formula is C109H138N20O4S6. The second-order valence-electron chi connectivity index (χ2n) is 41.9. The summed E-state index contributed by atoms with van der Waals surface area (Å²) in [5.74, 6) is 8.44. The Bertz CT molecular complexity index is 6460. The highest BCUT2D eigenvalue weighted by atomic mass is 32.1. The number of aliphatic hydroxyl groups is 4. The minimum absolute atomic E-state index is 0.108. The van der Waals surface area contributed by atoms with Gasteiger partial charge < -0.3 is 52.3 Å². The quantitative estimate of drug-likeness (QED) is 0.0430. The zero-order valence-electron chi connectivity index (χ0n) is 81.1. The van der Waals surface area contributed by atoms with Crippen LogP contribution in [-0.2, 0) is 90.1 Å². The Labute approximate surface area is 841 Å². The molecule has 10 aliphatic carbocycles. The van der Waals surface area contributed by atoms with Crippen LogP contribution in [0.4, 0.5) is 34.9 Å². The molecule has 10 N–H and O–H groups in total. The van der Waals surface area contributed by atoms with Gasteiger partial charge in [0.25, 0.3) is 0 Å². The lowest BCUT2D eigenvalue weighted by Crippen LogP contribution is -2.38. The van der Waals surface area contributed by atoms with E-state index in [0.29, 0.717) is 36.3 Å². The van der Waals surface area contributed by atoms with Crippen molar-refractivity contribution in [2.75, 3.05) is 58.1 Å². The Hall–Kier alpha value is -8.76. The maximum atomic E-state index is 9.89. The highest BCUT2D eigenvalue weighted by Crippen LogP contribution is 2.48. The molecule has 12 aliphatic rings. The number of nitrogens with one attached hydrogen (secondary N) is 6. The molecule has 6 fully saturated rings. The molecule has 24 nitrogen and oxygen atoms in total. The van der Waals surface area contributed by atoms with E-state index in [1.54, 1.807) is 38.0 Å². The Morgan fingerprint density at radius 3 is 0.906 bits per heavy atom. The van der Waals surface area contributed by atoms with Crippen molar-refractivity contribution in [3.05, 3.63) is 172 Å². The molecule has 0 radical (unpaired) electrons. The summed E-state index contributed by atoms with van der Waals surface area (Å²) < 4.78 is 0. The minimum atomic E-state index is -0.167. The molecule has 30 heteroatoms. The van der Waals surface area contributed by atoms with E-state index in [0.717, 1.165) is 236 Å². The fraction of sp³-hybridized carbons (Fsp3) is 0.560. The third kappa shape index (κ3) is 23.1. The van der Waals surface area contributed by atoms with E-state index in [1.807, 2.05) is 68.0 Å². The molecule has 139 heavy (non-hydrogen) atoms. The number of aliphatic hydroxyl groups excluding tert-OH is 4. The molecule has 734 valence electrons. The summed E-state index contributed by atoms with van der Waals surface area (Å²) >= 11 is 11.1. The van der Waals surface area contributed by atoms with Crippen molar-refractivity contribution in [1.82, 2.24) is 69.6 Å².